The highest BCUT2D eigenvalue weighted by Gasteiger charge is 2.25. The van der Waals surface area contributed by atoms with Crippen molar-refractivity contribution < 1.29 is 14.2 Å². The average molecular weight is 198 g/mol. The molecule has 78 valence electrons. The Labute approximate surface area is 83.3 Å². The molecular formula is C11H15FO2. The third-order valence-corrected chi connectivity index (χ3v) is 2.49. The van der Waals surface area contributed by atoms with Crippen LogP contribution in [0.1, 0.15) is 18.9 Å². The first kappa shape index (κ1) is 11.1. The van der Waals surface area contributed by atoms with Crippen LogP contribution in [0.3, 0.4) is 0 Å². The number of hydrogen-bond donors (Lipinski definition) is 1. The Balaban J connectivity index is 2.94. The van der Waals surface area contributed by atoms with Crippen molar-refractivity contribution in [1.29, 1.82) is 0 Å². The van der Waals surface area contributed by atoms with Crippen molar-refractivity contribution in [3.8, 4) is 0 Å². The molecule has 0 aromatic heterocycles. The van der Waals surface area contributed by atoms with Crippen molar-refractivity contribution in [2.24, 2.45) is 0 Å². The van der Waals surface area contributed by atoms with Gasteiger partial charge in [0.05, 0.1) is 5.60 Å². The van der Waals surface area contributed by atoms with E-state index in [4.69, 9.17) is 9.84 Å². The Morgan fingerprint density at radius 1 is 1.36 bits per heavy atom. The highest BCUT2D eigenvalue weighted by atomic mass is 19.1. The van der Waals surface area contributed by atoms with Crippen LogP contribution in [0.2, 0.25) is 0 Å². The van der Waals surface area contributed by atoms with Gasteiger partial charge in [-0.3, -0.25) is 0 Å². The minimum Gasteiger partial charge on any atom is -0.396 e. The molecule has 0 radical (unpaired) electrons. The second kappa shape index (κ2) is 4.53. The Bertz CT molecular complexity index is 284. The van der Waals surface area contributed by atoms with Crippen LogP contribution < -0.4 is 0 Å². The molecule has 0 bridgehead atoms. The SMILES string of the molecule is COC(C)(CCO)c1ccc(F)cc1. The molecule has 1 aromatic rings. The second-order valence-electron chi connectivity index (χ2n) is 3.42. The van der Waals surface area contributed by atoms with Gasteiger partial charge >= 0.3 is 0 Å². The van der Waals surface area contributed by atoms with Gasteiger partial charge in [-0.05, 0) is 24.6 Å². The number of methoxy groups -OCH3 is 1. The Morgan fingerprint density at radius 2 is 1.93 bits per heavy atom. The quantitative estimate of drug-likeness (QED) is 0.802. The minimum absolute atomic E-state index is 0.0434. The van der Waals surface area contributed by atoms with Gasteiger partial charge in [0.25, 0.3) is 0 Å². The predicted octanol–water partition coefficient (Wildman–Crippen LogP) is 2.07. The van der Waals surface area contributed by atoms with Crippen LogP contribution in [0, 0.1) is 5.82 Å². The molecule has 0 heterocycles. The molecule has 1 rings (SSSR count). The van der Waals surface area contributed by atoms with Gasteiger partial charge in [0.2, 0.25) is 0 Å². The van der Waals surface area contributed by atoms with Crippen LogP contribution >= 0.6 is 0 Å². The van der Waals surface area contributed by atoms with Crippen molar-refractivity contribution in [1.82, 2.24) is 0 Å². The highest BCUT2D eigenvalue weighted by Crippen LogP contribution is 2.27. The van der Waals surface area contributed by atoms with Crippen molar-refractivity contribution in [2.45, 2.75) is 18.9 Å². The van der Waals surface area contributed by atoms with Crippen LogP contribution in [0.15, 0.2) is 24.3 Å². The fourth-order valence-corrected chi connectivity index (χ4v) is 1.38. The topological polar surface area (TPSA) is 29.5 Å². The van der Waals surface area contributed by atoms with Crippen LogP contribution in [0.4, 0.5) is 4.39 Å². The molecule has 0 aliphatic carbocycles. The summed E-state index contributed by atoms with van der Waals surface area (Å²) in [7, 11) is 1.58. The molecule has 1 atom stereocenters. The molecule has 0 spiro atoms. The van der Waals surface area contributed by atoms with Gasteiger partial charge in [0, 0.05) is 20.1 Å². The van der Waals surface area contributed by atoms with Crippen LogP contribution in [-0.4, -0.2) is 18.8 Å². The fourth-order valence-electron chi connectivity index (χ4n) is 1.38. The maximum atomic E-state index is 12.7. The van der Waals surface area contributed by atoms with Gasteiger partial charge in [0.15, 0.2) is 0 Å². The number of hydrogen-bond acceptors (Lipinski definition) is 2. The lowest BCUT2D eigenvalue weighted by Crippen LogP contribution is -2.25. The number of aliphatic hydroxyl groups excluding tert-OH is 1. The second-order valence-corrected chi connectivity index (χ2v) is 3.42. The van der Waals surface area contributed by atoms with Gasteiger partial charge in [-0.1, -0.05) is 12.1 Å². The first-order valence-corrected chi connectivity index (χ1v) is 4.54. The van der Waals surface area contributed by atoms with E-state index in [-0.39, 0.29) is 12.4 Å². The lowest BCUT2D eigenvalue weighted by Gasteiger charge is -2.27. The van der Waals surface area contributed by atoms with Crippen LogP contribution in [-0.2, 0) is 10.3 Å². The molecule has 0 aliphatic rings. The van der Waals surface area contributed by atoms with E-state index in [1.54, 1.807) is 19.2 Å². The molecular weight excluding hydrogens is 183 g/mol. The summed E-state index contributed by atoms with van der Waals surface area (Å²) >= 11 is 0. The summed E-state index contributed by atoms with van der Waals surface area (Å²) in [6.07, 6.45) is 0.495. The summed E-state index contributed by atoms with van der Waals surface area (Å²) in [6, 6.07) is 6.14. The lowest BCUT2D eigenvalue weighted by atomic mass is 9.92. The van der Waals surface area contributed by atoms with E-state index in [1.807, 2.05) is 6.92 Å². The normalized spacial score (nSPS) is 15.1. The molecule has 14 heavy (non-hydrogen) atoms. The smallest absolute Gasteiger partial charge is 0.123 e. The molecule has 0 amide bonds. The first-order valence-electron chi connectivity index (χ1n) is 4.54. The molecule has 0 fully saturated rings. The highest BCUT2D eigenvalue weighted by molar-refractivity contribution is 5.22. The van der Waals surface area contributed by atoms with Gasteiger partial charge in [-0.2, -0.15) is 0 Å². The molecule has 0 aliphatic heterocycles. The van der Waals surface area contributed by atoms with Crippen molar-refractivity contribution >= 4 is 0 Å². The van der Waals surface area contributed by atoms with Crippen molar-refractivity contribution in [2.75, 3.05) is 13.7 Å². The molecule has 1 aromatic carbocycles. The van der Waals surface area contributed by atoms with E-state index in [2.05, 4.69) is 0 Å². The third kappa shape index (κ3) is 2.30. The number of benzene rings is 1. The Morgan fingerprint density at radius 3 is 2.36 bits per heavy atom. The summed E-state index contributed by atoms with van der Waals surface area (Å²) in [6.45, 7) is 1.91. The Hall–Kier alpha value is -0.930. The largest absolute Gasteiger partial charge is 0.396 e. The van der Waals surface area contributed by atoms with Crippen molar-refractivity contribution in [3.05, 3.63) is 35.6 Å². The van der Waals surface area contributed by atoms with Crippen LogP contribution in [0.5, 0.6) is 0 Å². The van der Waals surface area contributed by atoms with E-state index in [0.717, 1.165) is 5.56 Å². The monoisotopic (exact) mass is 198 g/mol. The number of rotatable bonds is 4. The van der Waals surface area contributed by atoms with E-state index in [1.165, 1.54) is 12.1 Å². The van der Waals surface area contributed by atoms with Gasteiger partial charge in [-0.25, -0.2) is 4.39 Å². The molecule has 1 unspecified atom stereocenters. The molecule has 1 N–H and O–H groups in total. The van der Waals surface area contributed by atoms with E-state index in [9.17, 15) is 4.39 Å². The zero-order valence-corrected chi connectivity index (χ0v) is 8.46. The molecule has 0 saturated carbocycles. The molecule has 0 saturated heterocycles. The van der Waals surface area contributed by atoms with E-state index < -0.39 is 5.60 Å². The first-order chi connectivity index (χ1) is 6.62. The summed E-state index contributed by atoms with van der Waals surface area (Å²) < 4.78 is 18.0. The average Bonchev–Trinajstić information content (AvgIpc) is 2.19. The van der Waals surface area contributed by atoms with Crippen molar-refractivity contribution in [3.63, 3.8) is 0 Å². The number of ether oxygens (including phenoxy) is 1. The maximum absolute atomic E-state index is 12.7. The molecule has 3 heteroatoms. The lowest BCUT2D eigenvalue weighted by molar-refractivity contribution is -0.0173. The molecule has 2 nitrogen and oxygen atoms in total. The number of aliphatic hydroxyl groups is 1. The van der Waals surface area contributed by atoms with E-state index >= 15 is 0 Å². The van der Waals surface area contributed by atoms with Gasteiger partial charge in [-0.15, -0.1) is 0 Å². The zero-order chi connectivity index (χ0) is 10.6. The summed E-state index contributed by atoms with van der Waals surface area (Å²) in [5.41, 5.74) is 0.332. The third-order valence-electron chi connectivity index (χ3n) is 2.49. The minimum atomic E-state index is -0.539. The standard InChI is InChI=1S/C11H15FO2/c1-11(14-2,7-8-13)9-3-5-10(12)6-4-9/h3-6,13H,7-8H2,1-2H3. The summed E-state index contributed by atoms with van der Waals surface area (Å²) in [5, 5.41) is 8.89. The zero-order valence-electron chi connectivity index (χ0n) is 8.46. The summed E-state index contributed by atoms with van der Waals surface area (Å²) in [4.78, 5) is 0. The van der Waals surface area contributed by atoms with Crippen LogP contribution in [0.25, 0.3) is 0 Å². The summed E-state index contributed by atoms with van der Waals surface area (Å²) in [5.74, 6) is -0.267. The predicted molar refractivity (Wildman–Crippen MR) is 52.5 cm³/mol. The fraction of sp³-hybridized carbons (Fsp3) is 0.455. The van der Waals surface area contributed by atoms with Gasteiger partial charge in [0.1, 0.15) is 5.82 Å². The maximum Gasteiger partial charge on any atom is 0.123 e. The van der Waals surface area contributed by atoms with Gasteiger partial charge < -0.3 is 9.84 Å². The van der Waals surface area contributed by atoms with E-state index in [0.29, 0.717) is 6.42 Å². The Kier molecular flexibility index (Phi) is 3.61. The number of halogens is 1.